The molecule has 1 rings (SSSR count). The lowest BCUT2D eigenvalue weighted by atomic mass is 10.5. The summed E-state index contributed by atoms with van der Waals surface area (Å²) in [6.07, 6.45) is 2.07. The summed E-state index contributed by atoms with van der Waals surface area (Å²) >= 11 is 1.79. The number of anilines is 2. The van der Waals surface area contributed by atoms with Crippen LogP contribution in [0.2, 0.25) is 0 Å². The van der Waals surface area contributed by atoms with Crippen LogP contribution in [0, 0.1) is 0 Å². The number of hydrogen-bond donors (Lipinski definition) is 1. The highest BCUT2D eigenvalue weighted by Crippen LogP contribution is 2.17. The maximum absolute atomic E-state index is 5.57. The zero-order valence-electron chi connectivity index (χ0n) is 9.23. The summed E-state index contributed by atoms with van der Waals surface area (Å²) in [5.41, 5.74) is 5.57. The molecule has 0 aromatic carbocycles. The molecular weight excluding hydrogens is 212 g/mol. The zero-order chi connectivity index (χ0) is 11.3. The predicted molar refractivity (Wildman–Crippen MR) is 64.6 cm³/mol. The maximum Gasteiger partial charge on any atom is 0.225 e. The van der Waals surface area contributed by atoms with Crippen molar-refractivity contribution in [1.82, 2.24) is 9.97 Å². The first-order valence-corrected chi connectivity index (χ1v) is 5.95. The van der Waals surface area contributed by atoms with E-state index in [0.717, 1.165) is 18.1 Å². The molecule has 15 heavy (non-hydrogen) atoms. The molecule has 1 aromatic rings. The number of ether oxygens (including phenoxy) is 1. The van der Waals surface area contributed by atoms with Gasteiger partial charge < -0.3 is 15.4 Å². The normalized spacial score (nSPS) is 10.1. The summed E-state index contributed by atoms with van der Waals surface area (Å²) in [6, 6.07) is 1.77. The van der Waals surface area contributed by atoms with Crippen molar-refractivity contribution in [2.45, 2.75) is 0 Å². The standard InChI is InChI=1S/C9H16N4OS/c1-13(4-5-15-3)7-6-8(14-2)12-9(10)11-7/h6H,4-5H2,1-3H3,(H2,10,11,12). The Labute approximate surface area is 94.0 Å². The molecule has 0 atom stereocenters. The Balaban J connectivity index is 2.78. The SMILES string of the molecule is COc1cc(N(C)CCSC)nc(N)n1. The van der Waals surface area contributed by atoms with Gasteiger partial charge >= 0.3 is 0 Å². The molecule has 0 saturated carbocycles. The third kappa shape index (κ3) is 3.47. The number of nitrogens with zero attached hydrogens (tertiary/aromatic N) is 3. The van der Waals surface area contributed by atoms with Crippen LogP contribution in [0.4, 0.5) is 11.8 Å². The first kappa shape index (κ1) is 11.9. The van der Waals surface area contributed by atoms with Crippen LogP contribution < -0.4 is 15.4 Å². The van der Waals surface area contributed by atoms with Gasteiger partial charge in [0.25, 0.3) is 0 Å². The summed E-state index contributed by atoms with van der Waals surface area (Å²) in [7, 11) is 3.53. The Morgan fingerprint density at radius 2 is 2.27 bits per heavy atom. The van der Waals surface area contributed by atoms with E-state index in [0.29, 0.717) is 5.88 Å². The van der Waals surface area contributed by atoms with Gasteiger partial charge in [0, 0.05) is 25.4 Å². The fraction of sp³-hybridized carbons (Fsp3) is 0.556. The van der Waals surface area contributed by atoms with Gasteiger partial charge in [-0.1, -0.05) is 0 Å². The number of hydrogen-bond acceptors (Lipinski definition) is 6. The fourth-order valence-corrected chi connectivity index (χ4v) is 1.53. The zero-order valence-corrected chi connectivity index (χ0v) is 10.0. The van der Waals surface area contributed by atoms with Gasteiger partial charge in [-0.25, -0.2) is 0 Å². The second-order valence-electron chi connectivity index (χ2n) is 3.04. The van der Waals surface area contributed by atoms with Gasteiger partial charge in [-0.3, -0.25) is 0 Å². The molecule has 0 spiro atoms. The van der Waals surface area contributed by atoms with Gasteiger partial charge in [0.1, 0.15) is 5.82 Å². The van der Waals surface area contributed by atoms with E-state index < -0.39 is 0 Å². The molecule has 0 aliphatic rings. The third-order valence-corrected chi connectivity index (χ3v) is 2.53. The van der Waals surface area contributed by atoms with Crippen molar-refractivity contribution in [2.24, 2.45) is 0 Å². The van der Waals surface area contributed by atoms with Crippen LogP contribution >= 0.6 is 11.8 Å². The predicted octanol–water partition coefficient (Wildman–Crippen LogP) is 0.867. The Bertz CT molecular complexity index is 321. The molecule has 0 unspecified atom stereocenters. The number of nitrogens with two attached hydrogens (primary N) is 1. The number of aromatic nitrogens is 2. The highest BCUT2D eigenvalue weighted by atomic mass is 32.2. The number of thioether (sulfide) groups is 1. The van der Waals surface area contributed by atoms with Crippen molar-refractivity contribution >= 4 is 23.5 Å². The van der Waals surface area contributed by atoms with E-state index in [9.17, 15) is 0 Å². The van der Waals surface area contributed by atoms with Crippen molar-refractivity contribution in [3.8, 4) is 5.88 Å². The van der Waals surface area contributed by atoms with Crippen molar-refractivity contribution in [1.29, 1.82) is 0 Å². The Hall–Kier alpha value is -1.17. The lowest BCUT2D eigenvalue weighted by Gasteiger charge is -2.17. The number of nitrogen functional groups attached to an aromatic ring is 1. The van der Waals surface area contributed by atoms with E-state index in [1.807, 2.05) is 11.9 Å². The molecular formula is C9H16N4OS. The van der Waals surface area contributed by atoms with Crippen LogP contribution in [-0.2, 0) is 0 Å². The Kier molecular flexibility index (Phi) is 4.48. The summed E-state index contributed by atoms with van der Waals surface area (Å²) in [5.74, 6) is 2.56. The summed E-state index contributed by atoms with van der Waals surface area (Å²) in [4.78, 5) is 10.1. The topological polar surface area (TPSA) is 64.3 Å². The summed E-state index contributed by atoms with van der Waals surface area (Å²) in [5, 5.41) is 0. The Morgan fingerprint density at radius 3 is 2.87 bits per heavy atom. The van der Waals surface area contributed by atoms with Crippen LogP contribution in [0.15, 0.2) is 6.07 Å². The smallest absolute Gasteiger partial charge is 0.225 e. The first-order chi connectivity index (χ1) is 7.17. The van der Waals surface area contributed by atoms with E-state index in [2.05, 4.69) is 16.2 Å². The molecule has 0 aliphatic carbocycles. The van der Waals surface area contributed by atoms with Crippen LogP contribution in [-0.4, -0.2) is 42.7 Å². The van der Waals surface area contributed by atoms with Crippen molar-refractivity contribution in [3.05, 3.63) is 6.07 Å². The molecule has 0 bridgehead atoms. The molecule has 5 nitrogen and oxygen atoms in total. The van der Waals surface area contributed by atoms with E-state index in [1.165, 1.54) is 0 Å². The van der Waals surface area contributed by atoms with Gasteiger partial charge in [-0.2, -0.15) is 21.7 Å². The van der Waals surface area contributed by atoms with E-state index in [1.54, 1.807) is 24.9 Å². The van der Waals surface area contributed by atoms with Gasteiger partial charge in [-0.05, 0) is 6.26 Å². The van der Waals surface area contributed by atoms with Crippen molar-refractivity contribution < 1.29 is 4.74 Å². The maximum atomic E-state index is 5.57. The average Bonchev–Trinajstić information content (AvgIpc) is 2.24. The minimum Gasteiger partial charge on any atom is -0.481 e. The summed E-state index contributed by atoms with van der Waals surface area (Å²) in [6.45, 7) is 0.917. The minimum atomic E-state index is 0.236. The van der Waals surface area contributed by atoms with Crippen molar-refractivity contribution in [2.75, 3.05) is 43.3 Å². The second kappa shape index (κ2) is 5.65. The molecule has 0 aliphatic heterocycles. The molecule has 2 N–H and O–H groups in total. The summed E-state index contributed by atoms with van der Waals surface area (Å²) < 4.78 is 5.03. The highest BCUT2D eigenvalue weighted by Gasteiger charge is 2.06. The molecule has 0 amide bonds. The van der Waals surface area contributed by atoms with E-state index >= 15 is 0 Å². The minimum absolute atomic E-state index is 0.236. The van der Waals surface area contributed by atoms with E-state index in [4.69, 9.17) is 10.5 Å². The fourth-order valence-electron chi connectivity index (χ4n) is 1.07. The lowest BCUT2D eigenvalue weighted by molar-refractivity contribution is 0.397. The molecule has 0 saturated heterocycles. The largest absolute Gasteiger partial charge is 0.481 e. The molecule has 1 aromatic heterocycles. The van der Waals surface area contributed by atoms with Gasteiger partial charge in [-0.15, -0.1) is 0 Å². The van der Waals surface area contributed by atoms with Gasteiger partial charge in [0.05, 0.1) is 7.11 Å². The molecule has 0 fully saturated rings. The van der Waals surface area contributed by atoms with Gasteiger partial charge in [0.15, 0.2) is 0 Å². The van der Waals surface area contributed by atoms with Gasteiger partial charge in [0.2, 0.25) is 11.8 Å². The lowest BCUT2D eigenvalue weighted by Crippen LogP contribution is -2.22. The quantitative estimate of drug-likeness (QED) is 0.806. The average molecular weight is 228 g/mol. The Morgan fingerprint density at radius 1 is 1.53 bits per heavy atom. The van der Waals surface area contributed by atoms with Crippen molar-refractivity contribution in [3.63, 3.8) is 0 Å². The highest BCUT2D eigenvalue weighted by molar-refractivity contribution is 7.98. The first-order valence-electron chi connectivity index (χ1n) is 4.56. The van der Waals surface area contributed by atoms with Crippen LogP contribution in [0.3, 0.4) is 0 Å². The second-order valence-corrected chi connectivity index (χ2v) is 4.03. The van der Waals surface area contributed by atoms with Crippen LogP contribution in [0.25, 0.3) is 0 Å². The monoisotopic (exact) mass is 228 g/mol. The number of rotatable bonds is 5. The van der Waals surface area contributed by atoms with Crippen LogP contribution in [0.1, 0.15) is 0 Å². The third-order valence-electron chi connectivity index (χ3n) is 1.94. The molecule has 6 heteroatoms. The van der Waals surface area contributed by atoms with Crippen LogP contribution in [0.5, 0.6) is 5.88 Å². The number of methoxy groups -OCH3 is 1. The van der Waals surface area contributed by atoms with E-state index in [-0.39, 0.29) is 5.95 Å². The molecule has 0 radical (unpaired) electrons. The molecule has 1 heterocycles. The molecule has 84 valence electrons.